The van der Waals surface area contributed by atoms with E-state index in [0.29, 0.717) is 5.56 Å². The summed E-state index contributed by atoms with van der Waals surface area (Å²) in [6.45, 7) is 1.50. The maximum Gasteiger partial charge on any atom is 0.335 e. The molecular weight excluding hydrogens is 336 g/mol. The van der Waals surface area contributed by atoms with Gasteiger partial charge in [0, 0.05) is 5.56 Å². The molecule has 0 bridgehead atoms. The van der Waals surface area contributed by atoms with Crippen molar-refractivity contribution in [3.63, 3.8) is 0 Å². The van der Waals surface area contributed by atoms with Gasteiger partial charge in [-0.15, -0.1) is 4.83 Å². The highest BCUT2D eigenvalue weighted by atomic mass is 32.2. The minimum atomic E-state index is -4.15. The van der Waals surface area contributed by atoms with Gasteiger partial charge in [0.25, 0.3) is 15.9 Å². The van der Waals surface area contributed by atoms with Crippen molar-refractivity contribution in [2.24, 2.45) is 0 Å². The van der Waals surface area contributed by atoms with Crippen molar-refractivity contribution in [1.82, 2.24) is 10.3 Å². The molecule has 4 N–H and O–H groups in total. The van der Waals surface area contributed by atoms with Crippen LogP contribution in [0.1, 0.15) is 26.3 Å². The van der Waals surface area contributed by atoms with Gasteiger partial charge in [-0.25, -0.2) is 13.2 Å². The summed E-state index contributed by atoms with van der Waals surface area (Å²) in [5, 5.41) is 18.1. The van der Waals surface area contributed by atoms with E-state index >= 15 is 0 Å². The number of aryl methyl sites for hydroxylation is 1. The minimum absolute atomic E-state index is 0.0340. The molecule has 0 saturated heterocycles. The topological polar surface area (TPSA) is 133 Å². The second kappa shape index (κ2) is 6.69. The highest BCUT2D eigenvalue weighted by molar-refractivity contribution is 7.89. The first-order valence-corrected chi connectivity index (χ1v) is 8.14. The van der Waals surface area contributed by atoms with E-state index in [2.05, 4.69) is 0 Å². The molecule has 8 nitrogen and oxygen atoms in total. The van der Waals surface area contributed by atoms with Gasteiger partial charge in [0.15, 0.2) is 0 Å². The Labute approximate surface area is 137 Å². The summed E-state index contributed by atoms with van der Waals surface area (Å²) in [5.74, 6) is -2.03. The molecule has 0 fully saturated rings. The predicted molar refractivity (Wildman–Crippen MR) is 84.0 cm³/mol. The van der Waals surface area contributed by atoms with Crippen LogP contribution in [-0.4, -0.2) is 30.5 Å². The molecular formula is C15H14N2O6S. The van der Waals surface area contributed by atoms with Crippen molar-refractivity contribution in [2.75, 3.05) is 0 Å². The smallest absolute Gasteiger partial charge is 0.335 e. The number of carbonyl (C=O) groups is 2. The SMILES string of the molecule is Cc1ccc(C(=O)O)cc1S(=O)(=O)NNC(=O)c1ccc(O)cc1. The number of aromatic carboxylic acids is 1. The fraction of sp³-hybridized carbons (Fsp3) is 0.0667. The van der Waals surface area contributed by atoms with Crippen LogP contribution in [0.15, 0.2) is 47.4 Å². The number of phenolic OH excluding ortho intramolecular Hbond substituents is 1. The summed E-state index contributed by atoms with van der Waals surface area (Å²) in [6.07, 6.45) is 0. The summed E-state index contributed by atoms with van der Waals surface area (Å²) >= 11 is 0. The van der Waals surface area contributed by atoms with Crippen LogP contribution >= 0.6 is 0 Å². The summed E-state index contributed by atoms with van der Waals surface area (Å²) in [5.41, 5.74) is 2.29. The van der Waals surface area contributed by atoms with Crippen LogP contribution in [-0.2, 0) is 10.0 Å². The van der Waals surface area contributed by atoms with E-state index in [1.54, 1.807) is 0 Å². The quantitative estimate of drug-likeness (QED) is 0.595. The number of benzene rings is 2. The lowest BCUT2D eigenvalue weighted by Gasteiger charge is -2.11. The molecule has 0 aliphatic carbocycles. The number of aromatic hydroxyl groups is 1. The maximum atomic E-state index is 12.3. The molecule has 0 unspecified atom stereocenters. The highest BCUT2D eigenvalue weighted by Crippen LogP contribution is 2.17. The van der Waals surface area contributed by atoms with Gasteiger partial charge in [0.05, 0.1) is 10.5 Å². The van der Waals surface area contributed by atoms with Crippen molar-refractivity contribution in [2.45, 2.75) is 11.8 Å². The molecule has 9 heteroatoms. The van der Waals surface area contributed by atoms with Gasteiger partial charge >= 0.3 is 5.97 Å². The first-order valence-electron chi connectivity index (χ1n) is 6.66. The first kappa shape index (κ1) is 17.4. The van der Waals surface area contributed by atoms with Gasteiger partial charge in [0.2, 0.25) is 0 Å². The summed E-state index contributed by atoms with van der Waals surface area (Å²) in [6, 6.07) is 8.84. The second-order valence-corrected chi connectivity index (χ2v) is 6.54. The van der Waals surface area contributed by atoms with E-state index in [1.807, 2.05) is 10.3 Å². The third kappa shape index (κ3) is 3.89. The van der Waals surface area contributed by atoms with Crippen LogP contribution in [0.4, 0.5) is 0 Å². The van der Waals surface area contributed by atoms with E-state index in [-0.39, 0.29) is 21.8 Å². The first-order chi connectivity index (χ1) is 11.2. The molecule has 0 heterocycles. The molecule has 0 saturated carbocycles. The lowest BCUT2D eigenvalue weighted by molar-refractivity contribution is 0.0696. The van der Waals surface area contributed by atoms with Crippen LogP contribution in [0.3, 0.4) is 0 Å². The average Bonchev–Trinajstić information content (AvgIpc) is 2.53. The monoisotopic (exact) mass is 350 g/mol. The average molecular weight is 350 g/mol. The van der Waals surface area contributed by atoms with Crippen molar-refractivity contribution < 1.29 is 28.2 Å². The molecule has 0 spiro atoms. The third-order valence-corrected chi connectivity index (χ3v) is 4.54. The van der Waals surface area contributed by atoms with E-state index in [0.717, 1.165) is 6.07 Å². The van der Waals surface area contributed by atoms with Crippen LogP contribution in [0.5, 0.6) is 5.75 Å². The van der Waals surface area contributed by atoms with Gasteiger partial charge in [0.1, 0.15) is 5.75 Å². The summed E-state index contributed by atoms with van der Waals surface area (Å²) in [4.78, 5) is 24.5. The Hall–Kier alpha value is -2.91. The Bertz CT molecular complexity index is 891. The normalized spacial score (nSPS) is 11.0. The summed E-state index contributed by atoms with van der Waals surface area (Å²) in [7, 11) is -4.15. The second-order valence-electron chi connectivity index (χ2n) is 4.89. The molecule has 2 aromatic carbocycles. The van der Waals surface area contributed by atoms with Crippen LogP contribution in [0, 0.1) is 6.92 Å². The number of nitrogens with one attached hydrogen (secondary N) is 2. The van der Waals surface area contributed by atoms with Crippen LogP contribution in [0.2, 0.25) is 0 Å². The van der Waals surface area contributed by atoms with E-state index in [1.165, 1.54) is 43.3 Å². The Balaban J connectivity index is 2.19. The van der Waals surface area contributed by atoms with Crippen molar-refractivity contribution in [3.8, 4) is 5.75 Å². The number of sulfonamides is 1. The molecule has 2 aromatic rings. The van der Waals surface area contributed by atoms with Gasteiger partial charge in [-0.2, -0.15) is 0 Å². The predicted octanol–water partition coefficient (Wildman–Crippen LogP) is 1.02. The van der Waals surface area contributed by atoms with Crippen molar-refractivity contribution in [1.29, 1.82) is 0 Å². The van der Waals surface area contributed by atoms with E-state index in [4.69, 9.17) is 10.2 Å². The number of carboxylic acids is 1. The fourth-order valence-electron chi connectivity index (χ4n) is 1.88. The van der Waals surface area contributed by atoms with E-state index < -0.39 is 21.9 Å². The number of amides is 1. The molecule has 0 atom stereocenters. The minimum Gasteiger partial charge on any atom is -0.508 e. The third-order valence-electron chi connectivity index (χ3n) is 3.15. The number of hydrazine groups is 1. The number of rotatable bonds is 5. The largest absolute Gasteiger partial charge is 0.508 e. The maximum absolute atomic E-state index is 12.3. The standard InChI is InChI=1S/C15H14N2O6S/c1-9-2-3-11(15(20)21)8-13(9)24(22,23)17-16-14(19)10-4-6-12(18)7-5-10/h2-8,17-18H,1H3,(H,16,19)(H,20,21). The van der Waals surface area contributed by atoms with Gasteiger partial charge in [-0.1, -0.05) is 6.07 Å². The number of carboxylic acid groups (broad SMARTS) is 1. The number of carbonyl (C=O) groups excluding carboxylic acids is 1. The Morgan fingerprint density at radius 1 is 1.00 bits per heavy atom. The number of hydrogen-bond donors (Lipinski definition) is 4. The van der Waals surface area contributed by atoms with Gasteiger partial charge < -0.3 is 10.2 Å². The van der Waals surface area contributed by atoms with Crippen molar-refractivity contribution >= 4 is 21.9 Å². The fourth-order valence-corrected chi connectivity index (χ4v) is 2.99. The zero-order valence-corrected chi connectivity index (χ0v) is 13.3. The Morgan fingerprint density at radius 3 is 2.17 bits per heavy atom. The molecule has 0 aromatic heterocycles. The van der Waals surface area contributed by atoms with Crippen LogP contribution < -0.4 is 10.3 Å². The molecule has 24 heavy (non-hydrogen) atoms. The number of phenols is 1. The highest BCUT2D eigenvalue weighted by Gasteiger charge is 2.20. The van der Waals surface area contributed by atoms with E-state index in [9.17, 15) is 18.0 Å². The molecule has 2 rings (SSSR count). The Kier molecular flexibility index (Phi) is 4.86. The molecule has 0 aliphatic rings. The zero-order valence-electron chi connectivity index (χ0n) is 12.5. The zero-order chi connectivity index (χ0) is 17.9. The Morgan fingerprint density at radius 2 is 1.58 bits per heavy atom. The molecule has 0 radical (unpaired) electrons. The number of hydrogen-bond acceptors (Lipinski definition) is 5. The molecule has 126 valence electrons. The lowest BCUT2D eigenvalue weighted by atomic mass is 10.1. The summed E-state index contributed by atoms with van der Waals surface area (Å²) < 4.78 is 24.5. The molecule has 0 aliphatic heterocycles. The van der Waals surface area contributed by atoms with Gasteiger partial charge in [-0.05, 0) is 48.9 Å². The van der Waals surface area contributed by atoms with Gasteiger partial charge in [-0.3, -0.25) is 10.2 Å². The molecule has 1 amide bonds. The van der Waals surface area contributed by atoms with Crippen molar-refractivity contribution in [3.05, 3.63) is 59.2 Å². The lowest BCUT2D eigenvalue weighted by Crippen LogP contribution is -2.41. The van der Waals surface area contributed by atoms with Crippen LogP contribution in [0.25, 0.3) is 0 Å².